The Bertz CT molecular complexity index is 1540. The van der Waals surface area contributed by atoms with Gasteiger partial charge in [0.05, 0.1) is 17.4 Å². The summed E-state index contributed by atoms with van der Waals surface area (Å²) in [7, 11) is 0. The lowest BCUT2D eigenvalue weighted by atomic mass is 9.85. The van der Waals surface area contributed by atoms with E-state index >= 15 is 0 Å². The van der Waals surface area contributed by atoms with Gasteiger partial charge in [-0.3, -0.25) is 14.4 Å². The summed E-state index contributed by atoms with van der Waals surface area (Å²) in [6.45, 7) is 19.5. The van der Waals surface area contributed by atoms with E-state index in [1.54, 1.807) is 34.6 Å². The largest absolute Gasteiger partial charge is 0.489 e. The van der Waals surface area contributed by atoms with Crippen LogP contribution in [0.1, 0.15) is 123 Å². The van der Waals surface area contributed by atoms with Crippen LogP contribution in [0.25, 0.3) is 0 Å². The number of aryl methyl sites for hydroxylation is 1. The second kappa shape index (κ2) is 14.9. The minimum absolute atomic E-state index is 0.138. The van der Waals surface area contributed by atoms with Crippen molar-refractivity contribution in [1.29, 1.82) is 0 Å². The highest BCUT2D eigenvalue weighted by Gasteiger charge is 2.55. The average Bonchev–Trinajstić information content (AvgIpc) is 3.17. The molecule has 0 aromatic heterocycles. The fourth-order valence-corrected chi connectivity index (χ4v) is 5.30. The zero-order chi connectivity index (χ0) is 36.2. The molecule has 262 valence electrons. The molecule has 0 aliphatic carbocycles. The standard InChI is InChI=1S/C38H52N2O8/c1-12-13-14-15-16-24-17-20-28(26(21-24)36(4,5)6)47-33(43)25-18-19-27(29(22-25)46-23(2)3)39-32(42)30(31(41)37(7,8)9)40-34(44)38(10,11)48-35(40)45/h17-23,30H,12-16H2,1-11H3,(H,39,42). The lowest BCUT2D eigenvalue weighted by molar-refractivity contribution is -0.145. The van der Waals surface area contributed by atoms with E-state index in [0.717, 1.165) is 18.4 Å². The first-order valence-corrected chi connectivity index (χ1v) is 16.8. The number of hydrogen-bond donors (Lipinski definition) is 1. The van der Waals surface area contributed by atoms with E-state index in [2.05, 4.69) is 39.1 Å². The quantitative estimate of drug-likeness (QED) is 0.0995. The molecule has 0 spiro atoms. The number of ketones is 1. The molecule has 0 bridgehead atoms. The van der Waals surface area contributed by atoms with Gasteiger partial charge in [0.1, 0.15) is 11.5 Å². The van der Waals surface area contributed by atoms with E-state index in [9.17, 15) is 24.0 Å². The normalized spacial score (nSPS) is 15.3. The zero-order valence-electron chi connectivity index (χ0n) is 30.4. The maximum atomic E-state index is 13.8. The number of imide groups is 1. The van der Waals surface area contributed by atoms with Crippen LogP contribution in [0.2, 0.25) is 0 Å². The topological polar surface area (TPSA) is 128 Å². The average molecular weight is 665 g/mol. The minimum atomic E-state index is -1.80. The van der Waals surface area contributed by atoms with E-state index in [1.807, 2.05) is 12.1 Å². The zero-order valence-corrected chi connectivity index (χ0v) is 30.4. The van der Waals surface area contributed by atoms with Crippen LogP contribution < -0.4 is 14.8 Å². The summed E-state index contributed by atoms with van der Waals surface area (Å²) in [5.74, 6) is -2.40. The summed E-state index contributed by atoms with van der Waals surface area (Å²) in [5, 5.41) is 2.65. The first-order valence-electron chi connectivity index (χ1n) is 16.8. The van der Waals surface area contributed by atoms with Gasteiger partial charge < -0.3 is 19.5 Å². The highest BCUT2D eigenvalue weighted by Crippen LogP contribution is 2.35. The first-order chi connectivity index (χ1) is 22.2. The molecule has 1 heterocycles. The molecule has 10 nitrogen and oxygen atoms in total. The van der Waals surface area contributed by atoms with Crippen LogP contribution in [0.15, 0.2) is 36.4 Å². The number of carbonyl (C=O) groups is 5. The Morgan fingerprint density at radius 3 is 2.12 bits per heavy atom. The number of ether oxygens (including phenoxy) is 3. The summed E-state index contributed by atoms with van der Waals surface area (Å²) in [6, 6.07) is 8.53. The molecule has 1 N–H and O–H groups in total. The van der Waals surface area contributed by atoms with Crippen molar-refractivity contribution in [3.05, 3.63) is 53.1 Å². The van der Waals surface area contributed by atoms with Gasteiger partial charge in [0.15, 0.2) is 17.4 Å². The van der Waals surface area contributed by atoms with Gasteiger partial charge in [-0.2, -0.15) is 0 Å². The van der Waals surface area contributed by atoms with Crippen molar-refractivity contribution in [3.8, 4) is 11.5 Å². The number of amides is 3. The third-order valence-electron chi connectivity index (χ3n) is 7.98. The van der Waals surface area contributed by atoms with Gasteiger partial charge in [-0.15, -0.1) is 0 Å². The number of benzene rings is 2. The number of unbranched alkanes of at least 4 members (excludes halogenated alkanes) is 3. The molecular formula is C38H52N2O8. The van der Waals surface area contributed by atoms with Gasteiger partial charge in [-0.05, 0) is 75.8 Å². The van der Waals surface area contributed by atoms with Crippen molar-refractivity contribution in [2.75, 3.05) is 5.32 Å². The molecule has 2 aromatic carbocycles. The van der Waals surface area contributed by atoms with Crippen LogP contribution in [0.4, 0.5) is 10.5 Å². The first kappa shape index (κ1) is 38.2. The van der Waals surface area contributed by atoms with E-state index in [4.69, 9.17) is 14.2 Å². The van der Waals surface area contributed by atoms with Gasteiger partial charge in [-0.1, -0.05) is 79.9 Å². The molecule has 1 aliphatic heterocycles. The number of rotatable bonds is 13. The van der Waals surface area contributed by atoms with Crippen LogP contribution in [-0.2, 0) is 31.0 Å². The monoisotopic (exact) mass is 664 g/mol. The molecule has 2 aromatic rings. The van der Waals surface area contributed by atoms with E-state index in [-0.39, 0.29) is 28.5 Å². The maximum absolute atomic E-state index is 13.8. The van der Waals surface area contributed by atoms with Crippen molar-refractivity contribution in [2.24, 2.45) is 5.41 Å². The Balaban J connectivity index is 1.93. The molecule has 1 aliphatic rings. The number of carbonyl (C=O) groups excluding carboxylic acids is 5. The van der Waals surface area contributed by atoms with Crippen LogP contribution in [-0.4, -0.2) is 52.3 Å². The highest BCUT2D eigenvalue weighted by atomic mass is 16.6. The molecule has 3 amide bonds. The molecule has 1 fully saturated rings. The Hall–Kier alpha value is -4.21. The molecule has 1 atom stereocenters. The third-order valence-corrected chi connectivity index (χ3v) is 7.98. The van der Waals surface area contributed by atoms with Crippen molar-refractivity contribution in [1.82, 2.24) is 4.90 Å². The molecule has 0 radical (unpaired) electrons. The van der Waals surface area contributed by atoms with Crippen molar-refractivity contribution in [3.63, 3.8) is 0 Å². The van der Waals surface area contributed by atoms with Crippen LogP contribution in [0, 0.1) is 5.41 Å². The Labute approximate surface area is 284 Å². The SMILES string of the molecule is CCCCCCc1ccc(OC(=O)c2ccc(NC(=O)C(C(=O)C(C)(C)C)N3C(=O)OC(C)(C)C3=O)c(OC(C)C)c2)c(C(C)(C)C)c1. The van der Waals surface area contributed by atoms with E-state index < -0.39 is 46.7 Å². The number of nitrogens with zero attached hydrogens (tertiary/aromatic N) is 1. The van der Waals surface area contributed by atoms with Gasteiger partial charge in [0.2, 0.25) is 0 Å². The summed E-state index contributed by atoms with van der Waals surface area (Å²) in [5.41, 5.74) is -0.482. The molecule has 0 saturated carbocycles. The predicted octanol–water partition coefficient (Wildman–Crippen LogP) is 7.79. The van der Waals surface area contributed by atoms with Crippen LogP contribution in [0.5, 0.6) is 11.5 Å². The van der Waals surface area contributed by atoms with Gasteiger partial charge in [0, 0.05) is 11.0 Å². The number of cyclic esters (lactones) is 1. The second-order valence-corrected chi connectivity index (χ2v) is 15.2. The maximum Gasteiger partial charge on any atom is 0.418 e. The number of nitrogens with one attached hydrogen (secondary N) is 1. The summed E-state index contributed by atoms with van der Waals surface area (Å²) in [6.07, 6.45) is 4.15. The number of Topliss-reactive ketones (excluding diaryl/α,β-unsaturated/α-hetero) is 1. The van der Waals surface area contributed by atoms with Gasteiger partial charge >= 0.3 is 12.1 Å². The molecule has 1 unspecified atom stereocenters. The summed E-state index contributed by atoms with van der Waals surface area (Å²) >= 11 is 0. The number of anilines is 1. The lowest BCUT2D eigenvalue weighted by Gasteiger charge is -2.28. The Morgan fingerprint density at radius 1 is 0.917 bits per heavy atom. The lowest BCUT2D eigenvalue weighted by Crippen LogP contribution is -2.55. The molecule has 48 heavy (non-hydrogen) atoms. The Kier molecular flexibility index (Phi) is 11.9. The summed E-state index contributed by atoms with van der Waals surface area (Å²) in [4.78, 5) is 67.2. The van der Waals surface area contributed by atoms with E-state index in [0.29, 0.717) is 10.6 Å². The van der Waals surface area contributed by atoms with Crippen LogP contribution >= 0.6 is 0 Å². The van der Waals surface area contributed by atoms with Crippen molar-refractivity contribution >= 4 is 35.3 Å². The minimum Gasteiger partial charge on any atom is -0.489 e. The second-order valence-electron chi connectivity index (χ2n) is 15.2. The smallest absolute Gasteiger partial charge is 0.418 e. The van der Waals surface area contributed by atoms with Crippen molar-refractivity contribution < 1.29 is 38.2 Å². The Morgan fingerprint density at radius 2 is 1.58 bits per heavy atom. The molecule has 3 rings (SSSR count). The predicted molar refractivity (Wildman–Crippen MR) is 184 cm³/mol. The summed E-state index contributed by atoms with van der Waals surface area (Å²) < 4.78 is 17.1. The van der Waals surface area contributed by atoms with Crippen LogP contribution in [0.3, 0.4) is 0 Å². The fourth-order valence-electron chi connectivity index (χ4n) is 5.30. The van der Waals surface area contributed by atoms with Crippen molar-refractivity contribution in [2.45, 2.75) is 131 Å². The van der Waals surface area contributed by atoms with Gasteiger partial charge in [0.25, 0.3) is 11.8 Å². The number of hydrogen-bond acceptors (Lipinski definition) is 8. The highest BCUT2D eigenvalue weighted by molar-refractivity contribution is 6.19. The molecular weight excluding hydrogens is 612 g/mol. The number of esters is 1. The van der Waals surface area contributed by atoms with Gasteiger partial charge in [-0.25, -0.2) is 14.5 Å². The molecule has 10 heteroatoms. The van der Waals surface area contributed by atoms with E-state index in [1.165, 1.54) is 56.9 Å². The fraction of sp³-hybridized carbons (Fsp3) is 0.553. The molecule has 1 saturated heterocycles. The third kappa shape index (κ3) is 9.23.